The highest BCUT2D eigenvalue weighted by atomic mass is 19.1. The summed E-state index contributed by atoms with van der Waals surface area (Å²) in [6.07, 6.45) is 0.951. The molecule has 9 nitrogen and oxygen atoms in total. The van der Waals surface area contributed by atoms with Gasteiger partial charge in [-0.3, -0.25) is 5.32 Å². The summed E-state index contributed by atoms with van der Waals surface area (Å²) in [5, 5.41) is 26.6. The summed E-state index contributed by atoms with van der Waals surface area (Å²) in [7, 11) is 0. The van der Waals surface area contributed by atoms with Gasteiger partial charge in [0.25, 0.3) is 0 Å². The predicted molar refractivity (Wildman–Crippen MR) is 111 cm³/mol. The molecule has 3 atom stereocenters. The van der Waals surface area contributed by atoms with Crippen molar-refractivity contribution in [3.63, 3.8) is 0 Å². The van der Waals surface area contributed by atoms with E-state index in [-0.39, 0.29) is 24.7 Å². The predicted octanol–water partition coefficient (Wildman–Crippen LogP) is 1.92. The number of benzene rings is 1. The molecule has 0 aliphatic carbocycles. The van der Waals surface area contributed by atoms with Crippen molar-refractivity contribution in [1.29, 1.82) is 0 Å². The SMILES string of the molecule is O=C(Nc1cnc2ccc(N3CCCC3c3cc(F)ccc3F)nn12)N1C[C@@H](O)[C@H](O)C1. The number of hydrogen-bond acceptors (Lipinski definition) is 6. The van der Waals surface area contributed by atoms with E-state index in [1.807, 2.05) is 4.90 Å². The molecule has 3 N–H and O–H groups in total. The van der Waals surface area contributed by atoms with Crippen molar-refractivity contribution in [2.24, 2.45) is 0 Å². The van der Waals surface area contributed by atoms with Crippen LogP contribution in [0.3, 0.4) is 0 Å². The van der Waals surface area contributed by atoms with Crippen molar-refractivity contribution in [2.75, 3.05) is 29.9 Å². The van der Waals surface area contributed by atoms with Gasteiger partial charge >= 0.3 is 6.03 Å². The minimum absolute atomic E-state index is 0.0249. The summed E-state index contributed by atoms with van der Waals surface area (Å²) in [6.45, 7) is 0.674. The molecular formula is C21H22F2N6O3. The Labute approximate surface area is 181 Å². The number of nitrogens with zero attached hydrogens (tertiary/aromatic N) is 5. The number of β-amino-alcohol motifs (C(OH)–C–C–N with tert-alkyl or cyclic N) is 2. The van der Waals surface area contributed by atoms with E-state index in [1.165, 1.54) is 21.7 Å². The van der Waals surface area contributed by atoms with Crippen molar-refractivity contribution in [2.45, 2.75) is 31.1 Å². The zero-order chi connectivity index (χ0) is 22.4. The highest BCUT2D eigenvalue weighted by Crippen LogP contribution is 2.36. The zero-order valence-electron chi connectivity index (χ0n) is 17.0. The molecule has 0 spiro atoms. The van der Waals surface area contributed by atoms with Gasteiger partial charge in [-0.25, -0.2) is 18.6 Å². The molecule has 5 rings (SSSR count). The monoisotopic (exact) mass is 444 g/mol. The second-order valence-corrected chi connectivity index (χ2v) is 8.09. The fourth-order valence-electron chi connectivity index (χ4n) is 4.36. The number of likely N-dealkylation sites (tertiary alicyclic amines) is 1. The molecule has 1 aromatic carbocycles. The lowest BCUT2D eigenvalue weighted by Crippen LogP contribution is -2.34. The van der Waals surface area contributed by atoms with Crippen LogP contribution in [-0.4, -0.2) is 67.6 Å². The van der Waals surface area contributed by atoms with Gasteiger partial charge in [0.15, 0.2) is 11.5 Å². The molecular weight excluding hydrogens is 422 g/mol. The van der Waals surface area contributed by atoms with Gasteiger partial charge in [-0.15, -0.1) is 5.10 Å². The number of halogens is 2. The van der Waals surface area contributed by atoms with Crippen molar-refractivity contribution < 1.29 is 23.8 Å². The van der Waals surface area contributed by atoms with E-state index in [2.05, 4.69) is 15.4 Å². The fraction of sp³-hybridized carbons (Fsp3) is 0.381. The van der Waals surface area contributed by atoms with Crippen molar-refractivity contribution in [3.05, 3.63) is 53.7 Å². The quantitative estimate of drug-likeness (QED) is 0.570. The number of urea groups is 1. The lowest BCUT2D eigenvalue weighted by atomic mass is 10.0. The zero-order valence-corrected chi connectivity index (χ0v) is 17.0. The Hall–Kier alpha value is -3.31. The Morgan fingerprint density at radius 1 is 1.12 bits per heavy atom. The molecule has 2 fully saturated rings. The van der Waals surface area contributed by atoms with Gasteiger partial charge in [-0.1, -0.05) is 0 Å². The Bertz CT molecular complexity index is 1160. The topological polar surface area (TPSA) is 106 Å². The first-order valence-electron chi connectivity index (χ1n) is 10.4. The van der Waals surface area contributed by atoms with Crippen LogP contribution in [0.5, 0.6) is 0 Å². The third kappa shape index (κ3) is 3.63. The highest BCUT2D eigenvalue weighted by Gasteiger charge is 2.33. The van der Waals surface area contributed by atoms with Crippen molar-refractivity contribution in [3.8, 4) is 0 Å². The largest absolute Gasteiger partial charge is 0.388 e. The fourth-order valence-corrected chi connectivity index (χ4v) is 4.36. The van der Waals surface area contributed by atoms with Crippen LogP contribution in [0, 0.1) is 11.6 Å². The number of aromatic nitrogens is 3. The van der Waals surface area contributed by atoms with Crippen LogP contribution in [0.15, 0.2) is 36.5 Å². The molecule has 0 saturated carbocycles. The first-order chi connectivity index (χ1) is 15.4. The maximum atomic E-state index is 14.4. The van der Waals surface area contributed by atoms with Gasteiger partial charge < -0.3 is 20.0 Å². The summed E-state index contributed by atoms with van der Waals surface area (Å²) < 4.78 is 29.6. The summed E-state index contributed by atoms with van der Waals surface area (Å²) in [6, 6.07) is 6.10. The molecule has 4 heterocycles. The average Bonchev–Trinajstić information content (AvgIpc) is 3.49. The van der Waals surface area contributed by atoms with Gasteiger partial charge in [-0.05, 0) is 43.2 Å². The molecule has 2 saturated heterocycles. The number of amides is 2. The van der Waals surface area contributed by atoms with Crippen molar-refractivity contribution >= 4 is 23.3 Å². The molecule has 2 aliphatic rings. The number of rotatable bonds is 3. The van der Waals surface area contributed by atoms with Gasteiger partial charge in [0.05, 0.1) is 37.5 Å². The summed E-state index contributed by atoms with van der Waals surface area (Å²) in [4.78, 5) is 20.0. The molecule has 0 radical (unpaired) electrons. The molecule has 3 aromatic rings. The number of fused-ring (bicyclic) bond motifs is 1. The third-order valence-corrected chi connectivity index (χ3v) is 5.99. The van der Waals surface area contributed by atoms with E-state index in [0.29, 0.717) is 30.2 Å². The smallest absolute Gasteiger partial charge is 0.323 e. The molecule has 2 amide bonds. The van der Waals surface area contributed by atoms with Gasteiger partial charge in [-0.2, -0.15) is 4.52 Å². The molecule has 0 bridgehead atoms. The first kappa shape index (κ1) is 20.6. The second kappa shape index (κ2) is 7.99. The number of carbonyl (C=O) groups is 1. The lowest BCUT2D eigenvalue weighted by molar-refractivity contribution is 0.0572. The van der Waals surface area contributed by atoms with E-state index in [1.54, 1.807) is 12.1 Å². The Morgan fingerprint density at radius 3 is 2.69 bits per heavy atom. The number of hydrogen-bond donors (Lipinski definition) is 3. The maximum Gasteiger partial charge on any atom is 0.323 e. The third-order valence-electron chi connectivity index (χ3n) is 5.99. The van der Waals surface area contributed by atoms with Gasteiger partial charge in [0.1, 0.15) is 17.5 Å². The van der Waals surface area contributed by atoms with Crippen LogP contribution in [0.4, 0.5) is 25.2 Å². The van der Waals surface area contributed by atoms with Gasteiger partial charge in [0, 0.05) is 12.1 Å². The maximum absolute atomic E-state index is 14.4. The van der Waals surface area contributed by atoms with E-state index < -0.39 is 29.9 Å². The summed E-state index contributed by atoms with van der Waals surface area (Å²) in [5.41, 5.74) is 0.785. The van der Waals surface area contributed by atoms with Crippen molar-refractivity contribution in [1.82, 2.24) is 19.5 Å². The van der Waals surface area contributed by atoms with Crippen LogP contribution in [0.25, 0.3) is 5.65 Å². The molecule has 2 aliphatic heterocycles. The number of carbonyl (C=O) groups excluding carboxylic acids is 1. The number of aliphatic hydroxyl groups is 2. The van der Waals surface area contributed by atoms with Crippen LogP contribution in [0.2, 0.25) is 0 Å². The molecule has 32 heavy (non-hydrogen) atoms. The Morgan fingerprint density at radius 2 is 1.91 bits per heavy atom. The number of aliphatic hydroxyl groups excluding tert-OH is 2. The van der Waals surface area contributed by atoms with Crippen LogP contribution in [-0.2, 0) is 0 Å². The van der Waals surface area contributed by atoms with Crippen LogP contribution < -0.4 is 10.2 Å². The Kier molecular flexibility index (Phi) is 5.14. The standard InChI is InChI=1S/C21H22F2N6O3/c22-12-3-4-14(23)13(8-12)15-2-1-7-28(15)19-6-5-18-24-9-20(29(18)26-19)25-21(32)27-10-16(30)17(31)11-27/h3-6,8-9,15-17,30-31H,1-2,7,10-11H2,(H,25,32)/t15?,16-,17-/m1/s1. The second-order valence-electron chi connectivity index (χ2n) is 8.09. The molecule has 1 unspecified atom stereocenters. The first-order valence-corrected chi connectivity index (χ1v) is 10.4. The van der Waals surface area contributed by atoms with E-state index in [4.69, 9.17) is 0 Å². The number of imidazole rings is 1. The minimum atomic E-state index is -0.983. The summed E-state index contributed by atoms with van der Waals surface area (Å²) >= 11 is 0. The minimum Gasteiger partial charge on any atom is -0.388 e. The number of nitrogens with one attached hydrogen (secondary N) is 1. The lowest BCUT2D eigenvalue weighted by Gasteiger charge is -2.26. The normalized spacial score (nSPS) is 23.3. The van der Waals surface area contributed by atoms with Crippen LogP contribution >= 0.6 is 0 Å². The van der Waals surface area contributed by atoms with Gasteiger partial charge in [0.2, 0.25) is 0 Å². The van der Waals surface area contributed by atoms with E-state index in [0.717, 1.165) is 18.6 Å². The average molecular weight is 444 g/mol. The van der Waals surface area contributed by atoms with Crippen LogP contribution in [0.1, 0.15) is 24.4 Å². The van der Waals surface area contributed by atoms with E-state index in [9.17, 15) is 23.8 Å². The highest BCUT2D eigenvalue weighted by molar-refractivity contribution is 5.89. The molecule has 2 aromatic heterocycles. The molecule has 168 valence electrons. The number of anilines is 2. The summed E-state index contributed by atoms with van der Waals surface area (Å²) in [5.74, 6) is -0.0945. The van der Waals surface area contributed by atoms with E-state index >= 15 is 0 Å². The Balaban J connectivity index is 1.42. The molecule has 11 heteroatoms.